The minimum atomic E-state index is -0.0377. The molecule has 6 nitrogen and oxygen atoms in total. The van der Waals surface area contributed by atoms with Crippen LogP contribution in [0.2, 0.25) is 0 Å². The molecule has 27 heavy (non-hydrogen) atoms. The molecule has 0 bridgehead atoms. The zero-order chi connectivity index (χ0) is 19.4. The van der Waals surface area contributed by atoms with Gasteiger partial charge < -0.3 is 14.1 Å². The zero-order valence-electron chi connectivity index (χ0n) is 16.7. The van der Waals surface area contributed by atoms with Crippen molar-refractivity contribution in [1.82, 2.24) is 14.8 Å². The molecule has 1 aromatic carbocycles. The Labute approximate surface area is 161 Å². The second kappa shape index (κ2) is 8.13. The lowest BCUT2D eigenvalue weighted by molar-refractivity contribution is 0.0760. The van der Waals surface area contributed by atoms with Gasteiger partial charge in [-0.2, -0.15) is 0 Å². The van der Waals surface area contributed by atoms with Gasteiger partial charge in [0.25, 0.3) is 5.91 Å². The van der Waals surface area contributed by atoms with Gasteiger partial charge >= 0.3 is 0 Å². The molecule has 0 atom stereocenters. The summed E-state index contributed by atoms with van der Waals surface area (Å²) in [6.45, 7) is 10.2. The van der Waals surface area contributed by atoms with Gasteiger partial charge in [-0.15, -0.1) is 0 Å². The maximum atomic E-state index is 12.8. The predicted molar refractivity (Wildman–Crippen MR) is 104 cm³/mol. The molecule has 0 unspecified atom stereocenters. The van der Waals surface area contributed by atoms with Gasteiger partial charge in [-0.3, -0.25) is 9.69 Å². The SMILES string of the molecule is COc1cccc(C(=O)N2CCCN(Cc3ncc(C(C)(C)C)o3)CC2)c1. The monoisotopic (exact) mass is 371 g/mol. The highest BCUT2D eigenvalue weighted by Crippen LogP contribution is 2.23. The van der Waals surface area contributed by atoms with Crippen molar-refractivity contribution in [1.29, 1.82) is 0 Å². The highest BCUT2D eigenvalue weighted by atomic mass is 16.5. The number of oxazole rings is 1. The number of hydrogen-bond acceptors (Lipinski definition) is 5. The van der Waals surface area contributed by atoms with Crippen LogP contribution in [-0.2, 0) is 12.0 Å². The number of aromatic nitrogens is 1. The second-order valence-electron chi connectivity index (χ2n) is 8.02. The Morgan fingerprint density at radius 2 is 2.04 bits per heavy atom. The van der Waals surface area contributed by atoms with Crippen molar-refractivity contribution in [3.05, 3.63) is 47.7 Å². The molecule has 1 aliphatic rings. The smallest absolute Gasteiger partial charge is 0.254 e. The average Bonchev–Trinajstić information content (AvgIpc) is 3.00. The first-order valence-electron chi connectivity index (χ1n) is 9.47. The summed E-state index contributed by atoms with van der Waals surface area (Å²) in [5.74, 6) is 2.41. The van der Waals surface area contributed by atoms with Crippen LogP contribution in [0.25, 0.3) is 0 Å². The van der Waals surface area contributed by atoms with E-state index in [0.29, 0.717) is 24.4 Å². The number of benzene rings is 1. The molecular weight excluding hydrogens is 342 g/mol. The Kier molecular flexibility index (Phi) is 5.85. The van der Waals surface area contributed by atoms with Crippen LogP contribution in [0.3, 0.4) is 0 Å². The normalized spacial score (nSPS) is 16.2. The van der Waals surface area contributed by atoms with Gasteiger partial charge in [-0.1, -0.05) is 26.8 Å². The third-order valence-electron chi connectivity index (χ3n) is 4.84. The highest BCUT2D eigenvalue weighted by Gasteiger charge is 2.23. The Morgan fingerprint density at radius 3 is 2.74 bits per heavy atom. The van der Waals surface area contributed by atoms with Gasteiger partial charge in [0.1, 0.15) is 11.5 Å². The summed E-state index contributed by atoms with van der Waals surface area (Å²) < 4.78 is 11.1. The van der Waals surface area contributed by atoms with E-state index in [1.54, 1.807) is 13.2 Å². The predicted octanol–water partition coefficient (Wildman–Crippen LogP) is 3.33. The van der Waals surface area contributed by atoms with Gasteiger partial charge in [0.15, 0.2) is 0 Å². The summed E-state index contributed by atoms with van der Waals surface area (Å²) >= 11 is 0. The van der Waals surface area contributed by atoms with Crippen LogP contribution in [0.4, 0.5) is 0 Å². The minimum absolute atomic E-state index is 0.0377. The molecule has 0 aliphatic carbocycles. The molecule has 6 heteroatoms. The molecule has 1 amide bonds. The molecule has 1 saturated heterocycles. The summed E-state index contributed by atoms with van der Waals surface area (Å²) in [4.78, 5) is 21.5. The Bertz CT molecular complexity index is 779. The largest absolute Gasteiger partial charge is 0.497 e. The first-order chi connectivity index (χ1) is 12.9. The van der Waals surface area contributed by atoms with Crippen LogP contribution >= 0.6 is 0 Å². The number of ether oxygens (including phenoxy) is 1. The van der Waals surface area contributed by atoms with Crippen LogP contribution in [0, 0.1) is 0 Å². The van der Waals surface area contributed by atoms with Gasteiger partial charge in [-0.25, -0.2) is 4.98 Å². The molecular formula is C21H29N3O3. The first-order valence-corrected chi connectivity index (χ1v) is 9.47. The third-order valence-corrected chi connectivity index (χ3v) is 4.84. The fourth-order valence-corrected chi connectivity index (χ4v) is 3.19. The summed E-state index contributed by atoms with van der Waals surface area (Å²) in [6, 6.07) is 7.34. The zero-order valence-corrected chi connectivity index (χ0v) is 16.7. The molecule has 2 heterocycles. The Morgan fingerprint density at radius 1 is 1.22 bits per heavy atom. The van der Waals surface area contributed by atoms with Crippen molar-refractivity contribution >= 4 is 5.91 Å². The molecule has 3 rings (SSSR count). The van der Waals surface area contributed by atoms with E-state index in [1.807, 2.05) is 29.3 Å². The van der Waals surface area contributed by atoms with E-state index < -0.39 is 0 Å². The van der Waals surface area contributed by atoms with E-state index in [4.69, 9.17) is 9.15 Å². The number of carbonyl (C=O) groups is 1. The van der Waals surface area contributed by atoms with E-state index in [2.05, 4.69) is 30.7 Å². The van der Waals surface area contributed by atoms with Gasteiger partial charge in [0, 0.05) is 37.2 Å². The molecule has 0 spiro atoms. The lowest BCUT2D eigenvalue weighted by Crippen LogP contribution is -2.35. The number of rotatable bonds is 4. The van der Waals surface area contributed by atoms with Crippen LogP contribution in [0.1, 0.15) is 49.2 Å². The lowest BCUT2D eigenvalue weighted by Gasteiger charge is -2.21. The van der Waals surface area contributed by atoms with Crippen molar-refractivity contribution in [2.24, 2.45) is 0 Å². The summed E-state index contributed by atoms with van der Waals surface area (Å²) in [6.07, 6.45) is 2.76. The number of methoxy groups -OCH3 is 1. The molecule has 146 valence electrons. The fraction of sp³-hybridized carbons (Fsp3) is 0.524. The number of amides is 1. The number of carbonyl (C=O) groups excluding carboxylic acids is 1. The van der Waals surface area contributed by atoms with E-state index in [9.17, 15) is 4.79 Å². The molecule has 1 aliphatic heterocycles. The van der Waals surface area contributed by atoms with E-state index in [1.165, 1.54) is 0 Å². The Balaban J connectivity index is 1.60. The maximum Gasteiger partial charge on any atom is 0.254 e. The van der Waals surface area contributed by atoms with Crippen molar-refractivity contribution in [2.75, 3.05) is 33.3 Å². The van der Waals surface area contributed by atoms with Crippen molar-refractivity contribution in [3.63, 3.8) is 0 Å². The first kappa shape index (κ1) is 19.4. The molecule has 0 N–H and O–H groups in total. The number of hydrogen-bond donors (Lipinski definition) is 0. The van der Waals surface area contributed by atoms with Crippen LogP contribution in [-0.4, -0.2) is 54.0 Å². The highest BCUT2D eigenvalue weighted by molar-refractivity contribution is 5.94. The summed E-state index contributed by atoms with van der Waals surface area (Å²) in [5, 5.41) is 0. The lowest BCUT2D eigenvalue weighted by atomic mass is 9.94. The van der Waals surface area contributed by atoms with Crippen molar-refractivity contribution in [2.45, 2.75) is 39.2 Å². The molecule has 0 radical (unpaired) electrons. The Hall–Kier alpha value is -2.34. The molecule has 1 fully saturated rings. The molecule has 1 aromatic heterocycles. The van der Waals surface area contributed by atoms with Gasteiger partial charge in [0.2, 0.25) is 5.89 Å². The van der Waals surface area contributed by atoms with E-state index in [-0.39, 0.29) is 11.3 Å². The molecule has 2 aromatic rings. The maximum absolute atomic E-state index is 12.8. The quantitative estimate of drug-likeness (QED) is 0.825. The topological polar surface area (TPSA) is 58.8 Å². The summed E-state index contributed by atoms with van der Waals surface area (Å²) in [5.41, 5.74) is 0.634. The second-order valence-corrected chi connectivity index (χ2v) is 8.02. The van der Waals surface area contributed by atoms with Gasteiger partial charge in [-0.05, 0) is 24.6 Å². The fourth-order valence-electron chi connectivity index (χ4n) is 3.19. The van der Waals surface area contributed by atoms with E-state index >= 15 is 0 Å². The van der Waals surface area contributed by atoms with Crippen LogP contribution in [0.5, 0.6) is 5.75 Å². The van der Waals surface area contributed by atoms with Crippen LogP contribution < -0.4 is 4.74 Å². The standard InChI is InChI=1S/C21H29N3O3/c1-21(2,3)18-14-22-19(27-18)15-23-9-6-10-24(12-11-23)20(25)16-7-5-8-17(13-16)26-4/h5,7-8,13-14H,6,9-12,15H2,1-4H3. The summed E-state index contributed by atoms with van der Waals surface area (Å²) in [7, 11) is 1.61. The van der Waals surface area contributed by atoms with E-state index in [0.717, 1.165) is 37.7 Å². The third kappa shape index (κ3) is 4.89. The van der Waals surface area contributed by atoms with Crippen molar-refractivity contribution < 1.29 is 13.9 Å². The number of nitrogens with zero attached hydrogens (tertiary/aromatic N) is 3. The average molecular weight is 371 g/mol. The van der Waals surface area contributed by atoms with Crippen LogP contribution in [0.15, 0.2) is 34.9 Å². The van der Waals surface area contributed by atoms with Gasteiger partial charge in [0.05, 0.1) is 19.9 Å². The van der Waals surface area contributed by atoms with Crippen molar-refractivity contribution in [3.8, 4) is 5.75 Å². The molecule has 0 saturated carbocycles. The minimum Gasteiger partial charge on any atom is -0.497 e.